The fraction of sp³-hybridized carbons (Fsp3) is 0.167. The summed E-state index contributed by atoms with van der Waals surface area (Å²) in [6.07, 6.45) is 1.80. The van der Waals surface area contributed by atoms with Crippen molar-refractivity contribution in [1.29, 1.82) is 0 Å². The van der Waals surface area contributed by atoms with Gasteiger partial charge in [0.2, 0.25) is 5.91 Å². The van der Waals surface area contributed by atoms with Crippen molar-refractivity contribution in [2.45, 2.75) is 6.42 Å². The molecule has 1 heterocycles. The Morgan fingerprint density at radius 3 is 2.88 bits per heavy atom. The van der Waals surface area contributed by atoms with Crippen molar-refractivity contribution in [2.75, 3.05) is 7.11 Å². The van der Waals surface area contributed by atoms with Crippen molar-refractivity contribution in [3.63, 3.8) is 0 Å². The maximum absolute atomic E-state index is 10.9. The van der Waals surface area contributed by atoms with Crippen molar-refractivity contribution in [2.24, 2.45) is 5.73 Å². The van der Waals surface area contributed by atoms with Gasteiger partial charge in [0.1, 0.15) is 5.75 Å². The van der Waals surface area contributed by atoms with Gasteiger partial charge in [-0.05, 0) is 12.1 Å². The van der Waals surface area contributed by atoms with E-state index in [1.807, 2.05) is 24.3 Å². The van der Waals surface area contributed by atoms with E-state index in [1.165, 1.54) is 0 Å². The van der Waals surface area contributed by atoms with Crippen LogP contribution in [0.25, 0.3) is 10.8 Å². The Balaban J connectivity index is 2.64. The Kier molecular flexibility index (Phi) is 2.72. The molecule has 0 atom stereocenters. The number of aromatic nitrogens is 1. The predicted octanol–water partition coefficient (Wildman–Crippen LogP) is 1.27. The largest absolute Gasteiger partial charge is 0.496 e. The highest BCUT2D eigenvalue weighted by Crippen LogP contribution is 2.26. The van der Waals surface area contributed by atoms with Gasteiger partial charge in [0, 0.05) is 17.0 Å². The number of benzene rings is 1. The lowest BCUT2D eigenvalue weighted by Crippen LogP contribution is -2.14. The Hall–Kier alpha value is -2.10. The van der Waals surface area contributed by atoms with Crippen LogP contribution in [0.5, 0.6) is 5.75 Å². The summed E-state index contributed by atoms with van der Waals surface area (Å²) in [5, 5.41) is 1.84. The minimum absolute atomic E-state index is 0.143. The molecular formula is C12H12N2O2. The van der Waals surface area contributed by atoms with Crippen molar-refractivity contribution >= 4 is 16.7 Å². The fourth-order valence-corrected chi connectivity index (χ4v) is 1.72. The maximum Gasteiger partial charge on any atom is 0.223 e. The van der Waals surface area contributed by atoms with E-state index in [0.717, 1.165) is 16.5 Å². The number of carbonyl (C=O) groups is 1. The summed E-state index contributed by atoms with van der Waals surface area (Å²) in [4.78, 5) is 15.1. The Morgan fingerprint density at radius 2 is 2.19 bits per heavy atom. The summed E-state index contributed by atoms with van der Waals surface area (Å²) in [5.41, 5.74) is 5.86. The topological polar surface area (TPSA) is 65.2 Å². The number of hydrogen-bond acceptors (Lipinski definition) is 3. The zero-order valence-electron chi connectivity index (χ0n) is 8.93. The van der Waals surface area contributed by atoms with Crippen LogP contribution in [0.1, 0.15) is 5.69 Å². The number of ether oxygens (including phenoxy) is 1. The van der Waals surface area contributed by atoms with Gasteiger partial charge < -0.3 is 10.5 Å². The van der Waals surface area contributed by atoms with Crippen molar-refractivity contribution in [3.8, 4) is 5.75 Å². The molecular weight excluding hydrogens is 204 g/mol. The molecule has 1 aromatic heterocycles. The molecule has 0 saturated heterocycles. The van der Waals surface area contributed by atoms with Crippen molar-refractivity contribution in [3.05, 3.63) is 36.2 Å². The molecule has 0 fully saturated rings. The van der Waals surface area contributed by atoms with Crippen LogP contribution in [0.3, 0.4) is 0 Å². The second-order valence-electron chi connectivity index (χ2n) is 3.46. The average Bonchev–Trinajstić information content (AvgIpc) is 2.28. The lowest BCUT2D eigenvalue weighted by Gasteiger charge is -2.07. The zero-order chi connectivity index (χ0) is 11.5. The highest BCUT2D eigenvalue weighted by molar-refractivity contribution is 5.92. The zero-order valence-corrected chi connectivity index (χ0v) is 8.93. The second kappa shape index (κ2) is 4.18. The van der Waals surface area contributed by atoms with Crippen LogP contribution in [-0.2, 0) is 11.2 Å². The Labute approximate surface area is 93.0 Å². The molecule has 82 valence electrons. The number of pyridine rings is 1. The van der Waals surface area contributed by atoms with E-state index in [2.05, 4.69) is 4.98 Å². The first-order valence-electron chi connectivity index (χ1n) is 4.91. The monoisotopic (exact) mass is 216 g/mol. The first-order chi connectivity index (χ1) is 7.72. The number of methoxy groups -OCH3 is 1. The van der Waals surface area contributed by atoms with Gasteiger partial charge in [-0.2, -0.15) is 0 Å². The van der Waals surface area contributed by atoms with E-state index in [4.69, 9.17) is 10.5 Å². The Bertz CT molecular complexity index is 538. The molecule has 1 amide bonds. The normalized spacial score (nSPS) is 10.3. The molecule has 0 saturated carbocycles. The van der Waals surface area contributed by atoms with Crippen molar-refractivity contribution < 1.29 is 9.53 Å². The lowest BCUT2D eigenvalue weighted by atomic mass is 10.1. The third-order valence-electron chi connectivity index (χ3n) is 2.41. The first kappa shape index (κ1) is 10.4. The van der Waals surface area contributed by atoms with E-state index in [0.29, 0.717) is 5.69 Å². The smallest absolute Gasteiger partial charge is 0.223 e. The molecule has 2 N–H and O–H groups in total. The van der Waals surface area contributed by atoms with Gasteiger partial charge in [0.25, 0.3) is 0 Å². The SMILES string of the molecule is COc1cccc2c(CC(N)=O)nccc12. The number of hydrogen-bond donors (Lipinski definition) is 1. The van der Waals surface area contributed by atoms with E-state index in [-0.39, 0.29) is 12.3 Å². The van der Waals surface area contributed by atoms with E-state index in [1.54, 1.807) is 13.3 Å². The van der Waals surface area contributed by atoms with Gasteiger partial charge in [-0.25, -0.2) is 0 Å². The van der Waals surface area contributed by atoms with Crippen molar-refractivity contribution in [1.82, 2.24) is 4.98 Å². The lowest BCUT2D eigenvalue weighted by molar-refractivity contribution is -0.117. The summed E-state index contributed by atoms with van der Waals surface area (Å²) in [7, 11) is 1.61. The first-order valence-corrected chi connectivity index (χ1v) is 4.91. The second-order valence-corrected chi connectivity index (χ2v) is 3.46. The molecule has 16 heavy (non-hydrogen) atoms. The maximum atomic E-state index is 10.9. The van der Waals surface area contributed by atoms with Gasteiger partial charge >= 0.3 is 0 Å². The molecule has 0 bridgehead atoms. The number of nitrogens with zero attached hydrogens (tertiary/aromatic N) is 1. The minimum Gasteiger partial charge on any atom is -0.496 e. The quantitative estimate of drug-likeness (QED) is 0.840. The third kappa shape index (κ3) is 1.82. The van der Waals surface area contributed by atoms with Crippen LogP contribution in [0.2, 0.25) is 0 Å². The number of nitrogens with two attached hydrogens (primary N) is 1. The van der Waals surface area contributed by atoms with Gasteiger partial charge in [0.05, 0.1) is 19.2 Å². The highest BCUT2D eigenvalue weighted by atomic mass is 16.5. The van der Waals surface area contributed by atoms with Gasteiger partial charge in [-0.3, -0.25) is 9.78 Å². The van der Waals surface area contributed by atoms with E-state index < -0.39 is 0 Å². The predicted molar refractivity (Wildman–Crippen MR) is 61.2 cm³/mol. The summed E-state index contributed by atoms with van der Waals surface area (Å²) < 4.78 is 5.24. The standard InChI is InChI=1S/C12H12N2O2/c1-16-11-4-2-3-8-9(11)5-6-14-10(8)7-12(13)15/h2-6H,7H2,1H3,(H2,13,15). The van der Waals surface area contributed by atoms with Gasteiger partial charge in [0.15, 0.2) is 0 Å². The fourth-order valence-electron chi connectivity index (χ4n) is 1.72. The summed E-state index contributed by atoms with van der Waals surface area (Å²) in [6.45, 7) is 0. The molecule has 0 unspecified atom stereocenters. The molecule has 2 aromatic rings. The summed E-state index contributed by atoms with van der Waals surface area (Å²) in [6, 6.07) is 7.51. The molecule has 0 radical (unpaired) electrons. The highest BCUT2D eigenvalue weighted by Gasteiger charge is 2.08. The number of amides is 1. The van der Waals surface area contributed by atoms with Crippen LogP contribution < -0.4 is 10.5 Å². The van der Waals surface area contributed by atoms with E-state index >= 15 is 0 Å². The van der Waals surface area contributed by atoms with Gasteiger partial charge in [-0.1, -0.05) is 12.1 Å². The number of primary amides is 1. The Morgan fingerprint density at radius 1 is 1.38 bits per heavy atom. The number of carbonyl (C=O) groups excluding carboxylic acids is 1. The molecule has 1 aromatic carbocycles. The minimum atomic E-state index is -0.386. The third-order valence-corrected chi connectivity index (χ3v) is 2.41. The molecule has 0 aliphatic carbocycles. The summed E-state index contributed by atoms with van der Waals surface area (Å²) >= 11 is 0. The number of fused-ring (bicyclic) bond motifs is 1. The van der Waals surface area contributed by atoms with Crippen LogP contribution in [-0.4, -0.2) is 18.0 Å². The van der Waals surface area contributed by atoms with Crippen LogP contribution in [0, 0.1) is 0 Å². The molecule has 2 rings (SSSR count). The van der Waals surface area contributed by atoms with E-state index in [9.17, 15) is 4.79 Å². The summed E-state index contributed by atoms with van der Waals surface area (Å²) in [5.74, 6) is 0.383. The van der Waals surface area contributed by atoms with Crippen LogP contribution in [0.4, 0.5) is 0 Å². The average molecular weight is 216 g/mol. The molecule has 4 nitrogen and oxygen atoms in total. The number of rotatable bonds is 3. The molecule has 0 aliphatic heterocycles. The van der Waals surface area contributed by atoms with Gasteiger partial charge in [-0.15, -0.1) is 0 Å². The molecule has 4 heteroatoms. The molecule has 0 spiro atoms. The van der Waals surface area contributed by atoms with Crippen LogP contribution >= 0.6 is 0 Å². The van der Waals surface area contributed by atoms with Crippen LogP contribution in [0.15, 0.2) is 30.5 Å². The molecule has 0 aliphatic rings.